The molecule has 1 aliphatic rings. The summed E-state index contributed by atoms with van der Waals surface area (Å²) >= 11 is 0. The predicted octanol–water partition coefficient (Wildman–Crippen LogP) is 3.52. The Morgan fingerprint density at radius 1 is 1.03 bits per heavy atom. The van der Waals surface area contributed by atoms with Gasteiger partial charge in [-0.1, -0.05) is 0 Å². The maximum absolute atomic E-state index is 13.4. The van der Waals surface area contributed by atoms with Gasteiger partial charge in [-0.25, -0.2) is 19.2 Å². The first kappa shape index (κ1) is 22.7. The van der Waals surface area contributed by atoms with E-state index in [0.29, 0.717) is 22.2 Å². The van der Waals surface area contributed by atoms with Crippen molar-refractivity contribution in [1.29, 1.82) is 0 Å². The molecule has 0 radical (unpaired) electrons. The van der Waals surface area contributed by atoms with Crippen LogP contribution in [0.4, 0.5) is 10.2 Å². The van der Waals surface area contributed by atoms with E-state index in [1.54, 1.807) is 12.4 Å². The van der Waals surface area contributed by atoms with Crippen LogP contribution in [0.15, 0.2) is 61.1 Å². The summed E-state index contributed by atoms with van der Waals surface area (Å²) in [6.07, 6.45) is 4.94. The number of aliphatic carboxylic acids is 1. The highest BCUT2D eigenvalue weighted by Gasteiger charge is 2.23. The van der Waals surface area contributed by atoms with Gasteiger partial charge in [0.2, 0.25) is 0 Å². The third-order valence-electron chi connectivity index (χ3n) is 6.32. The third kappa shape index (κ3) is 4.38. The monoisotopic (exact) mass is 473 g/mol. The van der Waals surface area contributed by atoms with Crippen LogP contribution in [-0.2, 0) is 4.79 Å². The molecule has 0 amide bonds. The molecule has 0 spiro atoms. The Kier molecular flexibility index (Phi) is 6.00. The Balaban J connectivity index is 1.57. The van der Waals surface area contributed by atoms with Crippen molar-refractivity contribution in [2.24, 2.45) is 0 Å². The highest BCUT2D eigenvalue weighted by molar-refractivity contribution is 6.16. The lowest BCUT2D eigenvalue weighted by atomic mass is 10.0. The van der Waals surface area contributed by atoms with Gasteiger partial charge < -0.3 is 19.9 Å². The molecule has 1 aromatic carbocycles. The van der Waals surface area contributed by atoms with Gasteiger partial charge in [0, 0.05) is 72.4 Å². The van der Waals surface area contributed by atoms with Gasteiger partial charge in [-0.2, -0.15) is 0 Å². The van der Waals surface area contributed by atoms with Crippen LogP contribution >= 0.6 is 0 Å². The summed E-state index contributed by atoms with van der Waals surface area (Å²) in [4.78, 5) is 36.4. The van der Waals surface area contributed by atoms with Gasteiger partial charge in [0.05, 0.1) is 0 Å². The summed E-state index contributed by atoms with van der Waals surface area (Å²) in [5.74, 6) is -0.916. The Bertz CT molecular complexity index is 1390. The largest absolute Gasteiger partial charge is 0.480 e. The minimum Gasteiger partial charge on any atom is -0.480 e. The molecule has 178 valence electrons. The number of nitrogens with one attached hydrogen (secondary N) is 1. The SMILES string of the molecule is CC(C(=O)O)n1cc(C(=O)c2ccc(F)cc2)c2cc(-c3ccc(N4CCNCC4)nc3)cnc21. The van der Waals surface area contributed by atoms with E-state index in [4.69, 9.17) is 0 Å². The average molecular weight is 474 g/mol. The Morgan fingerprint density at radius 3 is 2.40 bits per heavy atom. The fraction of sp³-hybridized carbons (Fsp3) is 0.231. The Labute approximate surface area is 201 Å². The number of carboxylic acids is 1. The van der Waals surface area contributed by atoms with Crippen molar-refractivity contribution in [3.63, 3.8) is 0 Å². The number of pyridine rings is 2. The maximum Gasteiger partial charge on any atom is 0.326 e. The van der Waals surface area contributed by atoms with Gasteiger partial charge in [-0.05, 0) is 49.4 Å². The van der Waals surface area contributed by atoms with Gasteiger partial charge in [-0.3, -0.25) is 4.79 Å². The van der Waals surface area contributed by atoms with Crippen molar-refractivity contribution < 1.29 is 19.1 Å². The zero-order valence-corrected chi connectivity index (χ0v) is 19.1. The molecule has 35 heavy (non-hydrogen) atoms. The molecule has 0 aliphatic carbocycles. The second-order valence-electron chi connectivity index (χ2n) is 8.54. The number of nitrogens with zero attached hydrogens (tertiary/aromatic N) is 4. The number of piperazine rings is 1. The summed E-state index contributed by atoms with van der Waals surface area (Å²) in [5.41, 5.74) is 2.59. The van der Waals surface area contributed by atoms with Crippen LogP contribution in [0, 0.1) is 5.82 Å². The van der Waals surface area contributed by atoms with Gasteiger partial charge in [0.25, 0.3) is 0 Å². The third-order valence-corrected chi connectivity index (χ3v) is 6.32. The molecule has 1 saturated heterocycles. The number of rotatable bonds is 6. The van der Waals surface area contributed by atoms with E-state index in [9.17, 15) is 19.1 Å². The summed E-state index contributed by atoms with van der Waals surface area (Å²) in [6, 6.07) is 10.1. The first-order chi connectivity index (χ1) is 16.9. The van der Waals surface area contributed by atoms with Crippen LogP contribution in [-0.4, -0.2) is 57.6 Å². The van der Waals surface area contributed by atoms with E-state index in [0.717, 1.165) is 43.1 Å². The summed E-state index contributed by atoms with van der Waals surface area (Å²) in [5, 5.41) is 13.4. The second-order valence-corrected chi connectivity index (χ2v) is 8.54. The highest BCUT2D eigenvalue weighted by Crippen LogP contribution is 2.30. The maximum atomic E-state index is 13.4. The number of anilines is 1. The van der Waals surface area contributed by atoms with Crippen molar-refractivity contribution >= 4 is 28.6 Å². The lowest BCUT2D eigenvalue weighted by molar-refractivity contribution is -0.140. The van der Waals surface area contributed by atoms with E-state index < -0.39 is 17.8 Å². The van der Waals surface area contributed by atoms with Crippen molar-refractivity contribution in [3.8, 4) is 11.1 Å². The molecule has 8 nitrogen and oxygen atoms in total. The van der Waals surface area contributed by atoms with E-state index in [1.807, 2.05) is 18.2 Å². The summed E-state index contributed by atoms with van der Waals surface area (Å²) < 4.78 is 14.9. The molecule has 0 saturated carbocycles. The van der Waals surface area contributed by atoms with Gasteiger partial charge in [0.15, 0.2) is 5.78 Å². The number of carbonyl (C=O) groups excluding carboxylic acids is 1. The molecule has 1 aliphatic heterocycles. The van der Waals surface area contributed by atoms with Crippen molar-refractivity contribution in [1.82, 2.24) is 19.9 Å². The first-order valence-corrected chi connectivity index (χ1v) is 11.4. The lowest BCUT2D eigenvalue weighted by Crippen LogP contribution is -2.43. The molecule has 5 rings (SSSR count). The number of benzene rings is 1. The normalized spacial score (nSPS) is 14.7. The molecule has 0 bridgehead atoms. The summed E-state index contributed by atoms with van der Waals surface area (Å²) in [6.45, 7) is 5.15. The van der Waals surface area contributed by atoms with Crippen molar-refractivity contribution in [3.05, 3.63) is 78.0 Å². The van der Waals surface area contributed by atoms with Gasteiger partial charge in [-0.15, -0.1) is 0 Å². The highest BCUT2D eigenvalue weighted by atomic mass is 19.1. The second kappa shape index (κ2) is 9.27. The number of hydrogen-bond donors (Lipinski definition) is 2. The molecule has 4 aromatic rings. The number of fused-ring (bicyclic) bond motifs is 1. The Morgan fingerprint density at radius 2 is 1.74 bits per heavy atom. The van der Waals surface area contributed by atoms with E-state index in [2.05, 4.69) is 20.2 Å². The molecular weight excluding hydrogens is 449 g/mol. The zero-order valence-electron chi connectivity index (χ0n) is 19.1. The summed E-state index contributed by atoms with van der Waals surface area (Å²) in [7, 11) is 0. The standard InChI is InChI=1S/C26H24FN5O3/c1-16(26(34)35)32-15-22(24(33)17-2-5-20(27)6-3-17)21-12-19(14-30-25(21)32)18-4-7-23(29-13-18)31-10-8-28-9-11-31/h2-7,12-16,28H,8-11H2,1H3,(H,34,35). The topological polar surface area (TPSA) is 100 Å². The van der Waals surface area contributed by atoms with E-state index in [-0.39, 0.29) is 5.78 Å². The van der Waals surface area contributed by atoms with Crippen LogP contribution in [0.1, 0.15) is 28.9 Å². The average Bonchev–Trinajstić information content (AvgIpc) is 3.27. The van der Waals surface area contributed by atoms with Gasteiger partial charge >= 0.3 is 5.97 Å². The number of carboxylic acid groups (broad SMARTS) is 1. The van der Waals surface area contributed by atoms with Gasteiger partial charge in [0.1, 0.15) is 23.3 Å². The molecule has 1 fully saturated rings. The molecule has 9 heteroatoms. The first-order valence-electron chi connectivity index (χ1n) is 11.4. The van der Waals surface area contributed by atoms with Crippen LogP contribution in [0.5, 0.6) is 0 Å². The van der Waals surface area contributed by atoms with Crippen LogP contribution in [0.2, 0.25) is 0 Å². The number of aromatic nitrogens is 3. The van der Waals surface area contributed by atoms with E-state index in [1.165, 1.54) is 42.0 Å². The van der Waals surface area contributed by atoms with Crippen LogP contribution in [0.3, 0.4) is 0 Å². The van der Waals surface area contributed by atoms with Crippen LogP contribution < -0.4 is 10.2 Å². The van der Waals surface area contributed by atoms with Crippen molar-refractivity contribution in [2.75, 3.05) is 31.1 Å². The quantitative estimate of drug-likeness (QED) is 0.413. The lowest BCUT2D eigenvalue weighted by Gasteiger charge is -2.28. The number of ketones is 1. The fourth-order valence-corrected chi connectivity index (χ4v) is 4.28. The fourth-order valence-electron chi connectivity index (χ4n) is 4.28. The van der Waals surface area contributed by atoms with Crippen molar-refractivity contribution in [2.45, 2.75) is 13.0 Å². The predicted molar refractivity (Wildman–Crippen MR) is 130 cm³/mol. The molecular formula is C26H24FN5O3. The molecule has 3 aromatic heterocycles. The zero-order chi connectivity index (χ0) is 24.5. The minimum absolute atomic E-state index is 0.305. The number of halogens is 1. The van der Waals surface area contributed by atoms with Crippen LogP contribution in [0.25, 0.3) is 22.2 Å². The molecule has 4 heterocycles. The van der Waals surface area contributed by atoms with E-state index >= 15 is 0 Å². The number of carbonyl (C=O) groups is 2. The molecule has 1 atom stereocenters. The Hall–Kier alpha value is -4.11. The smallest absolute Gasteiger partial charge is 0.326 e. The molecule has 1 unspecified atom stereocenters. The minimum atomic E-state index is -1.04. The number of hydrogen-bond acceptors (Lipinski definition) is 6. The molecule has 2 N–H and O–H groups in total.